The summed E-state index contributed by atoms with van der Waals surface area (Å²) in [5.74, 6) is -0.853. The monoisotopic (exact) mass is 182 g/mol. The summed E-state index contributed by atoms with van der Waals surface area (Å²) >= 11 is 0. The van der Waals surface area contributed by atoms with Crippen molar-refractivity contribution in [2.75, 3.05) is 0 Å². The topological polar surface area (TPSA) is 69.1 Å². The van der Waals surface area contributed by atoms with E-state index in [0.29, 0.717) is 5.56 Å². The fourth-order valence-corrected chi connectivity index (χ4v) is 1.07. The molecule has 0 bridgehead atoms. The first-order chi connectivity index (χ1) is 6.09. The quantitative estimate of drug-likeness (QED) is 0.722. The molecule has 0 fully saturated rings. The molecule has 0 aliphatic heterocycles. The zero-order valence-electron chi connectivity index (χ0n) is 7.03. The second-order valence-corrected chi connectivity index (χ2v) is 2.83. The Morgan fingerprint density at radius 1 is 1.54 bits per heavy atom. The smallest absolute Gasteiger partial charge is 0.219 e. The molecule has 1 aromatic rings. The van der Waals surface area contributed by atoms with Crippen molar-refractivity contribution in [2.45, 2.75) is 12.5 Å². The highest BCUT2D eigenvalue weighted by Crippen LogP contribution is 2.14. The highest BCUT2D eigenvalue weighted by molar-refractivity contribution is 5.74. The van der Waals surface area contributed by atoms with Crippen LogP contribution in [0.15, 0.2) is 24.3 Å². The molecule has 0 radical (unpaired) electrons. The van der Waals surface area contributed by atoms with Crippen molar-refractivity contribution in [3.63, 3.8) is 0 Å². The molecule has 0 aliphatic rings. The van der Waals surface area contributed by atoms with Crippen LogP contribution in [0.1, 0.15) is 18.0 Å². The second kappa shape index (κ2) is 4.00. The van der Waals surface area contributed by atoms with Gasteiger partial charge in [0.25, 0.3) is 0 Å². The third kappa shape index (κ3) is 2.83. The molecule has 0 aromatic heterocycles. The number of hydrogen-bond donors (Lipinski definition) is 2. The average molecular weight is 182 g/mol. The van der Waals surface area contributed by atoms with Gasteiger partial charge in [-0.05, 0) is 17.7 Å². The Morgan fingerprint density at radius 3 is 2.77 bits per heavy atom. The lowest BCUT2D eigenvalue weighted by Gasteiger charge is -2.08. The molecular weight excluding hydrogens is 171 g/mol. The molecule has 0 heterocycles. The molecule has 1 atom stereocenters. The predicted molar refractivity (Wildman–Crippen MR) is 47.1 cm³/mol. The summed E-state index contributed by atoms with van der Waals surface area (Å²) in [6.07, 6.45) is 0.0312. The molecule has 70 valence electrons. The SMILES string of the molecule is NC(=O)C[C@@H](N)c1cccc(F)c1. The molecular formula is C9H11FN2O. The van der Waals surface area contributed by atoms with Gasteiger partial charge in [0.15, 0.2) is 0 Å². The van der Waals surface area contributed by atoms with E-state index in [1.165, 1.54) is 12.1 Å². The predicted octanol–water partition coefficient (Wildman–Crippen LogP) is 0.701. The van der Waals surface area contributed by atoms with Gasteiger partial charge in [0.05, 0.1) is 0 Å². The van der Waals surface area contributed by atoms with Crippen LogP contribution in [0, 0.1) is 5.82 Å². The van der Waals surface area contributed by atoms with Crippen molar-refractivity contribution >= 4 is 5.91 Å². The number of nitrogens with two attached hydrogens (primary N) is 2. The molecule has 3 nitrogen and oxygen atoms in total. The van der Waals surface area contributed by atoms with Gasteiger partial charge in [-0.25, -0.2) is 4.39 Å². The van der Waals surface area contributed by atoms with E-state index < -0.39 is 11.9 Å². The third-order valence-electron chi connectivity index (χ3n) is 1.70. The maximum absolute atomic E-state index is 12.7. The normalized spacial score (nSPS) is 12.5. The fourth-order valence-electron chi connectivity index (χ4n) is 1.07. The van der Waals surface area contributed by atoms with E-state index in [0.717, 1.165) is 0 Å². The summed E-state index contributed by atoms with van der Waals surface area (Å²) in [5, 5.41) is 0. The van der Waals surface area contributed by atoms with E-state index in [1.54, 1.807) is 12.1 Å². The van der Waals surface area contributed by atoms with E-state index in [4.69, 9.17) is 11.5 Å². The van der Waals surface area contributed by atoms with E-state index >= 15 is 0 Å². The van der Waals surface area contributed by atoms with E-state index in [2.05, 4.69) is 0 Å². The molecule has 1 amide bonds. The number of primary amides is 1. The summed E-state index contributed by atoms with van der Waals surface area (Å²) in [6, 6.07) is 5.31. The maximum atomic E-state index is 12.7. The fraction of sp³-hybridized carbons (Fsp3) is 0.222. The van der Waals surface area contributed by atoms with Crippen molar-refractivity contribution in [1.29, 1.82) is 0 Å². The highest BCUT2D eigenvalue weighted by Gasteiger charge is 2.09. The molecule has 1 aromatic carbocycles. The zero-order chi connectivity index (χ0) is 9.84. The first-order valence-corrected chi connectivity index (χ1v) is 3.89. The minimum absolute atomic E-state index is 0.0312. The Hall–Kier alpha value is -1.42. The summed E-state index contributed by atoms with van der Waals surface area (Å²) < 4.78 is 12.7. The maximum Gasteiger partial charge on any atom is 0.219 e. The van der Waals surface area contributed by atoms with Gasteiger partial charge in [0.2, 0.25) is 5.91 Å². The minimum atomic E-state index is -0.520. The Labute approximate surface area is 75.5 Å². The number of halogens is 1. The number of carbonyl (C=O) groups excluding carboxylic acids is 1. The number of rotatable bonds is 3. The molecule has 0 saturated carbocycles. The van der Waals surface area contributed by atoms with Crippen LogP contribution < -0.4 is 11.5 Å². The summed E-state index contributed by atoms with van der Waals surface area (Å²) in [6.45, 7) is 0. The molecule has 0 aliphatic carbocycles. The minimum Gasteiger partial charge on any atom is -0.370 e. The molecule has 0 saturated heterocycles. The zero-order valence-corrected chi connectivity index (χ0v) is 7.03. The first-order valence-electron chi connectivity index (χ1n) is 3.89. The lowest BCUT2D eigenvalue weighted by Crippen LogP contribution is -2.20. The van der Waals surface area contributed by atoms with Gasteiger partial charge in [0, 0.05) is 12.5 Å². The van der Waals surface area contributed by atoms with Crippen molar-refractivity contribution in [3.8, 4) is 0 Å². The summed E-state index contributed by atoms with van der Waals surface area (Å²) in [7, 11) is 0. The Kier molecular flexibility index (Phi) is 2.97. The number of benzene rings is 1. The van der Waals surface area contributed by atoms with Gasteiger partial charge in [-0.3, -0.25) is 4.79 Å². The first kappa shape index (κ1) is 9.67. The highest BCUT2D eigenvalue weighted by atomic mass is 19.1. The van der Waals surface area contributed by atoms with Crippen molar-refractivity contribution < 1.29 is 9.18 Å². The largest absolute Gasteiger partial charge is 0.370 e. The van der Waals surface area contributed by atoms with Crippen LogP contribution >= 0.6 is 0 Å². The molecule has 13 heavy (non-hydrogen) atoms. The van der Waals surface area contributed by atoms with Crippen LogP contribution in [0.4, 0.5) is 4.39 Å². The van der Waals surface area contributed by atoms with Crippen LogP contribution in [-0.2, 0) is 4.79 Å². The molecule has 0 unspecified atom stereocenters. The van der Waals surface area contributed by atoms with Crippen LogP contribution in [-0.4, -0.2) is 5.91 Å². The lowest BCUT2D eigenvalue weighted by molar-refractivity contribution is -0.118. The Bertz CT molecular complexity index is 314. The van der Waals surface area contributed by atoms with Crippen LogP contribution in [0.5, 0.6) is 0 Å². The van der Waals surface area contributed by atoms with Gasteiger partial charge in [-0.1, -0.05) is 12.1 Å². The Balaban J connectivity index is 2.76. The van der Waals surface area contributed by atoms with E-state index in [1.807, 2.05) is 0 Å². The van der Waals surface area contributed by atoms with Gasteiger partial charge in [-0.2, -0.15) is 0 Å². The van der Waals surface area contributed by atoms with Crippen molar-refractivity contribution in [2.24, 2.45) is 11.5 Å². The lowest BCUT2D eigenvalue weighted by atomic mass is 10.0. The molecule has 4 N–H and O–H groups in total. The Morgan fingerprint density at radius 2 is 2.23 bits per heavy atom. The summed E-state index contributed by atoms with van der Waals surface area (Å²) in [5.41, 5.74) is 11.1. The van der Waals surface area contributed by atoms with Crippen molar-refractivity contribution in [1.82, 2.24) is 0 Å². The molecule has 0 spiro atoms. The van der Waals surface area contributed by atoms with E-state index in [-0.39, 0.29) is 12.2 Å². The third-order valence-corrected chi connectivity index (χ3v) is 1.70. The molecule has 4 heteroatoms. The van der Waals surface area contributed by atoms with Gasteiger partial charge in [0.1, 0.15) is 5.82 Å². The standard InChI is InChI=1S/C9H11FN2O/c10-7-3-1-2-6(4-7)8(11)5-9(12)13/h1-4,8H,5,11H2,(H2,12,13)/t8-/m1/s1. The van der Waals surface area contributed by atoms with Crippen LogP contribution in [0.3, 0.4) is 0 Å². The molecule has 1 rings (SSSR count). The number of carbonyl (C=O) groups is 1. The van der Waals surface area contributed by atoms with E-state index in [9.17, 15) is 9.18 Å². The van der Waals surface area contributed by atoms with Crippen LogP contribution in [0.2, 0.25) is 0 Å². The van der Waals surface area contributed by atoms with Crippen LogP contribution in [0.25, 0.3) is 0 Å². The number of amides is 1. The van der Waals surface area contributed by atoms with Gasteiger partial charge >= 0.3 is 0 Å². The number of hydrogen-bond acceptors (Lipinski definition) is 2. The van der Waals surface area contributed by atoms with Gasteiger partial charge < -0.3 is 11.5 Å². The second-order valence-electron chi connectivity index (χ2n) is 2.83. The van der Waals surface area contributed by atoms with Crippen molar-refractivity contribution in [3.05, 3.63) is 35.6 Å². The summed E-state index contributed by atoms with van der Waals surface area (Å²) in [4.78, 5) is 10.5. The average Bonchev–Trinajstić information content (AvgIpc) is 2.03. The van der Waals surface area contributed by atoms with Gasteiger partial charge in [-0.15, -0.1) is 0 Å².